The highest BCUT2D eigenvalue weighted by Gasteiger charge is 2.31. The highest BCUT2D eigenvalue weighted by atomic mass is 16.5. The quantitative estimate of drug-likeness (QED) is 0.623. The van der Waals surface area contributed by atoms with Crippen molar-refractivity contribution in [2.24, 2.45) is 11.3 Å². The molecule has 0 saturated heterocycles. The van der Waals surface area contributed by atoms with Crippen LogP contribution in [-0.4, -0.2) is 11.9 Å². The molecule has 1 rings (SSSR count). The molecule has 1 heterocycles. The average Bonchev–Trinajstić information content (AvgIpc) is 2.01. The lowest BCUT2D eigenvalue weighted by Crippen LogP contribution is -2.33. The third kappa shape index (κ3) is 2.58. The van der Waals surface area contributed by atoms with Crippen LogP contribution in [-0.2, 0) is 9.53 Å². The van der Waals surface area contributed by atoms with Gasteiger partial charge in [0, 0.05) is 12.5 Å². The van der Waals surface area contributed by atoms with E-state index in [-0.39, 0.29) is 17.3 Å². The Morgan fingerprint density at radius 1 is 1.54 bits per heavy atom. The molecule has 1 aliphatic heterocycles. The number of ether oxygens (including phenoxy) is 1. The van der Waals surface area contributed by atoms with E-state index in [9.17, 15) is 4.79 Å². The van der Waals surface area contributed by atoms with Crippen LogP contribution in [0.2, 0.25) is 0 Å². The standard InChI is InChI=1S/C11H18O2/c1-8(11(2,3)4)10-7-9(12)5-6-13-10/h5-6,8,10H,7H2,1-4H3. The summed E-state index contributed by atoms with van der Waals surface area (Å²) >= 11 is 0. The number of hydrogen-bond donors (Lipinski definition) is 0. The Hall–Kier alpha value is -0.790. The van der Waals surface area contributed by atoms with Gasteiger partial charge in [0.05, 0.1) is 6.26 Å². The van der Waals surface area contributed by atoms with Gasteiger partial charge in [-0.15, -0.1) is 0 Å². The van der Waals surface area contributed by atoms with Crippen molar-refractivity contribution in [2.75, 3.05) is 0 Å². The fraction of sp³-hybridized carbons (Fsp3) is 0.727. The molecular weight excluding hydrogens is 164 g/mol. The van der Waals surface area contributed by atoms with Crippen LogP contribution in [0.3, 0.4) is 0 Å². The second kappa shape index (κ2) is 3.52. The van der Waals surface area contributed by atoms with Crippen molar-refractivity contribution in [1.29, 1.82) is 0 Å². The molecule has 2 heteroatoms. The predicted octanol–water partition coefficient (Wildman–Crippen LogP) is 2.54. The zero-order valence-corrected chi connectivity index (χ0v) is 8.83. The first-order chi connectivity index (χ1) is 5.91. The van der Waals surface area contributed by atoms with Crippen molar-refractivity contribution in [2.45, 2.75) is 40.2 Å². The van der Waals surface area contributed by atoms with Crippen LogP contribution in [0.5, 0.6) is 0 Å². The van der Waals surface area contributed by atoms with Crippen LogP contribution < -0.4 is 0 Å². The van der Waals surface area contributed by atoms with Crippen LogP contribution in [0.25, 0.3) is 0 Å². The zero-order chi connectivity index (χ0) is 10.1. The van der Waals surface area contributed by atoms with E-state index in [0.29, 0.717) is 12.3 Å². The van der Waals surface area contributed by atoms with Gasteiger partial charge in [0.2, 0.25) is 0 Å². The topological polar surface area (TPSA) is 26.3 Å². The van der Waals surface area contributed by atoms with Gasteiger partial charge in [-0.2, -0.15) is 0 Å². The monoisotopic (exact) mass is 182 g/mol. The van der Waals surface area contributed by atoms with E-state index in [1.54, 1.807) is 0 Å². The first-order valence-corrected chi connectivity index (χ1v) is 4.76. The van der Waals surface area contributed by atoms with Crippen molar-refractivity contribution >= 4 is 5.78 Å². The van der Waals surface area contributed by atoms with Crippen molar-refractivity contribution in [3.63, 3.8) is 0 Å². The molecule has 2 unspecified atom stereocenters. The first kappa shape index (κ1) is 10.3. The minimum atomic E-state index is 0.0532. The van der Waals surface area contributed by atoms with E-state index >= 15 is 0 Å². The molecule has 0 aliphatic carbocycles. The van der Waals surface area contributed by atoms with Crippen molar-refractivity contribution in [3.05, 3.63) is 12.3 Å². The number of hydrogen-bond acceptors (Lipinski definition) is 2. The number of carbonyl (C=O) groups is 1. The van der Waals surface area contributed by atoms with E-state index in [0.717, 1.165) is 0 Å². The summed E-state index contributed by atoms with van der Waals surface area (Å²) in [5.74, 6) is 0.564. The maximum absolute atomic E-state index is 11.1. The van der Waals surface area contributed by atoms with Gasteiger partial charge >= 0.3 is 0 Å². The maximum Gasteiger partial charge on any atom is 0.162 e. The second-order valence-corrected chi connectivity index (χ2v) is 4.80. The van der Waals surface area contributed by atoms with Crippen molar-refractivity contribution in [1.82, 2.24) is 0 Å². The van der Waals surface area contributed by atoms with E-state index < -0.39 is 0 Å². The Labute approximate surface area is 80.0 Å². The summed E-state index contributed by atoms with van der Waals surface area (Å²) in [7, 11) is 0. The molecule has 0 amide bonds. The Morgan fingerprint density at radius 3 is 2.62 bits per heavy atom. The predicted molar refractivity (Wildman–Crippen MR) is 52.3 cm³/mol. The van der Waals surface area contributed by atoms with Crippen LogP contribution in [0.4, 0.5) is 0 Å². The Balaban J connectivity index is 2.63. The minimum Gasteiger partial charge on any atom is -0.497 e. The molecule has 0 aromatic heterocycles. The maximum atomic E-state index is 11.1. The highest BCUT2D eigenvalue weighted by molar-refractivity contribution is 5.90. The first-order valence-electron chi connectivity index (χ1n) is 4.76. The van der Waals surface area contributed by atoms with Crippen LogP contribution in [0, 0.1) is 11.3 Å². The Morgan fingerprint density at radius 2 is 2.15 bits per heavy atom. The third-order valence-electron chi connectivity index (χ3n) is 2.83. The van der Waals surface area contributed by atoms with Gasteiger partial charge in [0.15, 0.2) is 5.78 Å². The second-order valence-electron chi connectivity index (χ2n) is 4.80. The Kier molecular flexibility index (Phi) is 2.79. The molecule has 1 aliphatic rings. The van der Waals surface area contributed by atoms with E-state index in [1.165, 1.54) is 12.3 Å². The molecule has 0 N–H and O–H groups in total. The summed E-state index contributed by atoms with van der Waals surface area (Å²) in [6.07, 6.45) is 3.61. The SMILES string of the molecule is CC(C1CC(=O)C=CO1)C(C)(C)C. The molecule has 2 atom stereocenters. The molecule has 13 heavy (non-hydrogen) atoms. The third-order valence-corrected chi connectivity index (χ3v) is 2.83. The summed E-state index contributed by atoms with van der Waals surface area (Å²) in [5.41, 5.74) is 0.191. The fourth-order valence-corrected chi connectivity index (χ4v) is 1.38. The largest absolute Gasteiger partial charge is 0.497 e. The Bertz CT molecular complexity index is 223. The van der Waals surface area contributed by atoms with Crippen LogP contribution >= 0.6 is 0 Å². The highest BCUT2D eigenvalue weighted by Crippen LogP contribution is 2.32. The molecule has 0 fully saturated rings. The lowest BCUT2D eigenvalue weighted by atomic mass is 9.77. The van der Waals surface area contributed by atoms with Crippen molar-refractivity contribution in [3.8, 4) is 0 Å². The van der Waals surface area contributed by atoms with Gasteiger partial charge in [-0.05, 0) is 11.3 Å². The number of carbonyl (C=O) groups excluding carboxylic acids is 1. The van der Waals surface area contributed by atoms with Gasteiger partial charge < -0.3 is 4.74 Å². The van der Waals surface area contributed by atoms with Crippen LogP contribution in [0.15, 0.2) is 12.3 Å². The van der Waals surface area contributed by atoms with Gasteiger partial charge in [-0.3, -0.25) is 4.79 Å². The molecule has 0 aromatic rings. The normalized spacial score (nSPS) is 25.5. The molecule has 0 saturated carbocycles. The molecule has 74 valence electrons. The summed E-state index contributed by atoms with van der Waals surface area (Å²) in [6, 6.07) is 0. The number of allylic oxidation sites excluding steroid dienone is 1. The molecule has 0 radical (unpaired) electrons. The number of ketones is 1. The summed E-state index contributed by atoms with van der Waals surface area (Å²) in [4.78, 5) is 11.1. The lowest BCUT2D eigenvalue weighted by Gasteiger charge is -2.34. The van der Waals surface area contributed by atoms with E-state index in [1.807, 2.05) is 0 Å². The molecule has 0 bridgehead atoms. The lowest BCUT2D eigenvalue weighted by molar-refractivity contribution is -0.119. The summed E-state index contributed by atoms with van der Waals surface area (Å²) < 4.78 is 5.44. The van der Waals surface area contributed by atoms with Gasteiger partial charge in [0.1, 0.15) is 6.10 Å². The molecular formula is C11H18O2. The van der Waals surface area contributed by atoms with Gasteiger partial charge in [-0.25, -0.2) is 0 Å². The number of rotatable bonds is 1. The van der Waals surface area contributed by atoms with E-state index in [4.69, 9.17) is 4.74 Å². The zero-order valence-electron chi connectivity index (χ0n) is 8.83. The van der Waals surface area contributed by atoms with Crippen molar-refractivity contribution < 1.29 is 9.53 Å². The molecule has 0 aromatic carbocycles. The van der Waals surface area contributed by atoms with Gasteiger partial charge in [0.25, 0.3) is 0 Å². The van der Waals surface area contributed by atoms with Crippen LogP contribution in [0.1, 0.15) is 34.1 Å². The average molecular weight is 182 g/mol. The molecule has 2 nitrogen and oxygen atoms in total. The molecule has 0 spiro atoms. The smallest absolute Gasteiger partial charge is 0.162 e. The summed E-state index contributed by atoms with van der Waals surface area (Å²) in [6.45, 7) is 8.65. The minimum absolute atomic E-state index is 0.0532. The summed E-state index contributed by atoms with van der Waals surface area (Å²) in [5, 5.41) is 0. The fourth-order valence-electron chi connectivity index (χ4n) is 1.38. The van der Waals surface area contributed by atoms with E-state index in [2.05, 4.69) is 27.7 Å². The van der Waals surface area contributed by atoms with Gasteiger partial charge in [-0.1, -0.05) is 27.7 Å².